The van der Waals surface area contributed by atoms with Gasteiger partial charge in [0.2, 0.25) is 0 Å². The van der Waals surface area contributed by atoms with E-state index in [0.29, 0.717) is 50.8 Å². The van der Waals surface area contributed by atoms with Crippen molar-refractivity contribution < 1.29 is 4.74 Å². The molecule has 0 aliphatic heterocycles. The molecule has 0 amide bonds. The number of hydrogen-bond donors (Lipinski definition) is 3. The number of rotatable bonds is 6. The van der Waals surface area contributed by atoms with Gasteiger partial charge in [0.05, 0.1) is 36.1 Å². The normalized spacial score (nSPS) is 12.1. The highest BCUT2D eigenvalue weighted by Gasteiger charge is 2.26. The number of fused-ring (bicyclic) bond motifs is 2. The lowest BCUT2D eigenvalue weighted by atomic mass is 10.0. The van der Waals surface area contributed by atoms with Crippen molar-refractivity contribution in [2.45, 2.75) is 19.9 Å². The first-order chi connectivity index (χ1) is 15.9. The number of methoxy groups -OCH3 is 1. The van der Waals surface area contributed by atoms with Crippen molar-refractivity contribution in [1.82, 2.24) is 39.7 Å². The quantitative estimate of drug-likeness (QED) is 0.338. The summed E-state index contributed by atoms with van der Waals surface area (Å²) in [6.45, 7) is 4.13. The highest BCUT2D eigenvalue weighted by molar-refractivity contribution is 7.59. The van der Waals surface area contributed by atoms with Gasteiger partial charge in [-0.3, -0.25) is 9.48 Å². The minimum atomic E-state index is -0.305. The van der Waals surface area contributed by atoms with Gasteiger partial charge in [-0.25, -0.2) is 19.9 Å². The Labute approximate surface area is 201 Å². The molecule has 0 saturated carbocycles. The van der Waals surface area contributed by atoms with E-state index in [1.165, 1.54) is 0 Å². The van der Waals surface area contributed by atoms with Crippen LogP contribution in [0.15, 0.2) is 41.7 Å². The first-order valence-electron chi connectivity index (χ1n) is 10.5. The summed E-state index contributed by atoms with van der Waals surface area (Å²) in [7, 11) is 3.37. The van der Waals surface area contributed by atoms with Crippen molar-refractivity contribution in [1.29, 1.82) is 0 Å². The number of hydrogen-bond acceptors (Lipinski definition) is 8. The van der Waals surface area contributed by atoms with Gasteiger partial charge >= 0.3 is 0 Å². The Hall–Kier alpha value is -3.93. The Morgan fingerprint density at radius 2 is 1.88 bits per heavy atom. The van der Waals surface area contributed by atoms with Crippen LogP contribution in [0.3, 0.4) is 0 Å². The second-order valence-corrected chi connectivity index (χ2v) is 8.07. The third-order valence-electron chi connectivity index (χ3n) is 5.41. The zero-order chi connectivity index (χ0) is 23.1. The van der Waals surface area contributed by atoms with Crippen molar-refractivity contribution in [3.8, 4) is 17.1 Å². The molecule has 0 aliphatic rings. The lowest BCUT2D eigenvalue weighted by molar-refractivity contribution is 0.413. The zero-order valence-corrected chi connectivity index (χ0v) is 20.1. The third-order valence-corrected chi connectivity index (χ3v) is 5.41. The minimum Gasteiger partial charge on any atom is -0.495 e. The van der Waals surface area contributed by atoms with E-state index >= 15 is 0 Å². The molecule has 3 N–H and O–H groups in total. The topological polar surface area (TPSA) is 139 Å². The van der Waals surface area contributed by atoms with Gasteiger partial charge in [-0.2, -0.15) is 18.6 Å². The van der Waals surface area contributed by atoms with Crippen LogP contribution in [0.25, 0.3) is 33.6 Å². The third kappa shape index (κ3) is 4.07. The maximum Gasteiger partial charge on any atom is 0.261 e. The number of nitrogens with one attached hydrogen (secondary N) is 3. The minimum absolute atomic E-state index is 0. The van der Waals surface area contributed by atoms with Crippen molar-refractivity contribution in [3.63, 3.8) is 0 Å². The summed E-state index contributed by atoms with van der Waals surface area (Å²) in [5.41, 5.74) is 2.93. The smallest absolute Gasteiger partial charge is 0.261 e. The number of aryl methyl sites for hydroxylation is 1. The number of pyridine rings is 2. The number of H-pyrrole nitrogens is 2. The molecule has 5 heterocycles. The maximum atomic E-state index is 13.3. The summed E-state index contributed by atoms with van der Waals surface area (Å²) in [5.74, 6) is 1.71. The van der Waals surface area contributed by atoms with E-state index in [2.05, 4.69) is 54.2 Å². The Morgan fingerprint density at radius 1 is 1.12 bits per heavy atom. The molecular formula is C22H25N9O2S. The molecule has 0 fully saturated rings. The zero-order valence-electron chi connectivity index (χ0n) is 19.1. The van der Waals surface area contributed by atoms with Gasteiger partial charge in [0.15, 0.2) is 11.5 Å². The lowest BCUT2D eigenvalue weighted by Gasteiger charge is -2.23. The molecule has 0 saturated heterocycles. The van der Waals surface area contributed by atoms with Crippen LogP contribution < -0.4 is 15.6 Å². The fraction of sp³-hybridized carbons (Fsp3) is 0.273. The van der Waals surface area contributed by atoms with Gasteiger partial charge in [-0.15, -0.1) is 0 Å². The second-order valence-electron chi connectivity index (χ2n) is 8.07. The average molecular weight is 480 g/mol. The Morgan fingerprint density at radius 3 is 2.59 bits per heavy atom. The summed E-state index contributed by atoms with van der Waals surface area (Å²) in [5, 5.41) is 8.09. The predicted octanol–water partition coefficient (Wildman–Crippen LogP) is 2.92. The molecule has 0 radical (unpaired) electrons. The summed E-state index contributed by atoms with van der Waals surface area (Å²) in [6.07, 6.45) is 6.75. The van der Waals surface area contributed by atoms with E-state index < -0.39 is 0 Å². The predicted molar refractivity (Wildman–Crippen MR) is 134 cm³/mol. The van der Waals surface area contributed by atoms with Crippen LogP contribution in [0, 0.1) is 5.92 Å². The van der Waals surface area contributed by atoms with E-state index in [0.717, 1.165) is 0 Å². The van der Waals surface area contributed by atoms with Crippen LogP contribution >= 0.6 is 13.5 Å². The first-order valence-corrected chi connectivity index (χ1v) is 10.5. The van der Waals surface area contributed by atoms with E-state index in [1.54, 1.807) is 55.8 Å². The highest BCUT2D eigenvalue weighted by atomic mass is 32.1. The fourth-order valence-corrected chi connectivity index (χ4v) is 3.81. The van der Waals surface area contributed by atoms with Crippen LogP contribution in [-0.4, -0.2) is 46.8 Å². The molecular weight excluding hydrogens is 454 g/mol. The van der Waals surface area contributed by atoms with Crippen LogP contribution in [0.2, 0.25) is 0 Å². The Kier molecular flexibility index (Phi) is 6.24. The molecule has 5 aromatic heterocycles. The molecule has 12 heteroatoms. The summed E-state index contributed by atoms with van der Waals surface area (Å²) >= 11 is 0. The second kappa shape index (κ2) is 9.14. The fourth-order valence-electron chi connectivity index (χ4n) is 3.81. The molecule has 0 aromatic carbocycles. The SMILES string of the molecule is COc1cnc2nc(-c3c(N[C@H](c4ncccn4)C(C)C)c4nn(C)cc4[nH]c3=O)[nH]c2c1.S. The van der Waals surface area contributed by atoms with E-state index in [-0.39, 0.29) is 31.0 Å². The average Bonchev–Trinajstić information content (AvgIpc) is 3.38. The van der Waals surface area contributed by atoms with Gasteiger partial charge in [0, 0.05) is 31.7 Å². The number of ether oxygens (including phenoxy) is 1. The maximum absolute atomic E-state index is 13.3. The molecule has 0 spiro atoms. The Balaban J connectivity index is 0.00000274. The summed E-state index contributed by atoms with van der Waals surface area (Å²) in [6, 6.07) is 3.29. The van der Waals surface area contributed by atoms with Crippen molar-refractivity contribution >= 4 is 41.4 Å². The van der Waals surface area contributed by atoms with Crippen LogP contribution in [0.1, 0.15) is 25.7 Å². The van der Waals surface area contributed by atoms with Gasteiger partial charge in [0.25, 0.3) is 5.56 Å². The van der Waals surface area contributed by atoms with Crippen LogP contribution in [-0.2, 0) is 7.05 Å². The molecule has 5 rings (SSSR count). The Bertz CT molecular complexity index is 1510. The molecule has 0 bridgehead atoms. The van der Waals surface area contributed by atoms with Crippen molar-refractivity contribution in [3.05, 3.63) is 53.1 Å². The number of nitrogens with zero attached hydrogens (tertiary/aromatic N) is 6. The molecule has 1 atom stereocenters. The number of imidazole rings is 1. The standard InChI is InChI=1S/C22H23N9O2.H2S/c1-11(2)16(21-23-6-5-7-24-21)28-18-15(22(32)27-14-10-31(3)30-17(14)18)20-26-13-8-12(33-4)9-25-19(13)29-20;/h5-11,16,28H,1-4H3,(H,27,32)(H,25,26,29);1H2/t16-;/m0./s1. The first kappa shape index (κ1) is 23.2. The summed E-state index contributed by atoms with van der Waals surface area (Å²) in [4.78, 5) is 37.1. The lowest BCUT2D eigenvalue weighted by Crippen LogP contribution is -2.22. The van der Waals surface area contributed by atoms with Gasteiger partial charge in [0.1, 0.15) is 22.7 Å². The molecule has 11 nitrogen and oxygen atoms in total. The van der Waals surface area contributed by atoms with E-state index in [9.17, 15) is 4.79 Å². The molecule has 176 valence electrons. The number of anilines is 1. The highest BCUT2D eigenvalue weighted by Crippen LogP contribution is 2.34. The van der Waals surface area contributed by atoms with Gasteiger partial charge in [-0.1, -0.05) is 13.8 Å². The monoisotopic (exact) mass is 479 g/mol. The largest absolute Gasteiger partial charge is 0.495 e. The van der Waals surface area contributed by atoms with Crippen LogP contribution in [0.5, 0.6) is 5.75 Å². The van der Waals surface area contributed by atoms with E-state index in [1.807, 2.05) is 0 Å². The molecule has 5 aromatic rings. The van der Waals surface area contributed by atoms with E-state index in [4.69, 9.17) is 4.74 Å². The van der Waals surface area contributed by atoms with Crippen LogP contribution in [0.4, 0.5) is 5.69 Å². The number of aromatic nitrogens is 8. The van der Waals surface area contributed by atoms with Crippen molar-refractivity contribution in [2.75, 3.05) is 12.4 Å². The summed E-state index contributed by atoms with van der Waals surface area (Å²) < 4.78 is 6.91. The molecule has 34 heavy (non-hydrogen) atoms. The van der Waals surface area contributed by atoms with Gasteiger partial charge in [-0.05, 0) is 12.0 Å². The van der Waals surface area contributed by atoms with Gasteiger partial charge < -0.3 is 20.0 Å². The molecule has 0 unspecified atom stereocenters. The number of aromatic amines is 2. The molecule has 0 aliphatic carbocycles. The van der Waals surface area contributed by atoms with Crippen molar-refractivity contribution in [2.24, 2.45) is 13.0 Å².